The quantitative estimate of drug-likeness (QED) is 0.473. The Labute approximate surface area is 114 Å². The molecule has 0 fully saturated rings. The zero-order valence-electron chi connectivity index (χ0n) is 11.2. The molecule has 0 saturated heterocycles. The average molecular weight is 268 g/mol. The summed E-state index contributed by atoms with van der Waals surface area (Å²) >= 11 is 6.24. The van der Waals surface area contributed by atoms with E-state index in [9.17, 15) is 0 Å². The van der Waals surface area contributed by atoms with Gasteiger partial charge in [-0.3, -0.25) is 4.99 Å². The molecule has 0 aliphatic carbocycles. The molecule has 0 aliphatic heterocycles. The van der Waals surface area contributed by atoms with Crippen LogP contribution in [0.2, 0.25) is 5.02 Å². The number of hydrogen-bond donors (Lipinski definition) is 2. The van der Waals surface area contributed by atoms with Crippen molar-refractivity contribution in [2.24, 2.45) is 16.5 Å². The zero-order valence-corrected chi connectivity index (χ0v) is 11.9. The molecule has 0 atom stereocenters. The van der Waals surface area contributed by atoms with Gasteiger partial charge in [-0.25, -0.2) is 0 Å². The highest BCUT2D eigenvalue weighted by Crippen LogP contribution is 2.24. The highest BCUT2D eigenvalue weighted by atomic mass is 35.5. The number of nitrogens with two attached hydrogens (primary N) is 2. The third-order valence-electron chi connectivity index (χ3n) is 2.94. The fraction of sp³-hybridized carbons (Fsp3) is 0.500. The van der Waals surface area contributed by atoms with Crippen LogP contribution in [-0.4, -0.2) is 12.5 Å². The highest BCUT2D eigenvalue weighted by molar-refractivity contribution is 6.32. The largest absolute Gasteiger partial charge is 0.370 e. The molecule has 0 radical (unpaired) electrons. The summed E-state index contributed by atoms with van der Waals surface area (Å²) < 4.78 is 0. The topological polar surface area (TPSA) is 64.4 Å². The van der Waals surface area contributed by atoms with Crippen LogP contribution >= 0.6 is 11.6 Å². The lowest BCUT2D eigenvalue weighted by atomic mass is 10.0. The summed E-state index contributed by atoms with van der Waals surface area (Å²) in [5.74, 6) is 0.172. The van der Waals surface area contributed by atoms with Crippen molar-refractivity contribution in [3.8, 4) is 0 Å². The Kier molecular flexibility index (Phi) is 5.99. The molecule has 3 nitrogen and oxygen atoms in total. The molecule has 18 heavy (non-hydrogen) atoms. The predicted octanol–water partition coefficient (Wildman–Crippen LogP) is 2.81. The van der Waals surface area contributed by atoms with Crippen molar-refractivity contribution in [2.45, 2.75) is 39.5 Å². The van der Waals surface area contributed by atoms with Gasteiger partial charge in [0.05, 0.1) is 0 Å². The van der Waals surface area contributed by atoms with Crippen LogP contribution in [0.4, 0.5) is 0 Å². The monoisotopic (exact) mass is 267 g/mol. The molecule has 0 spiro atoms. The van der Waals surface area contributed by atoms with Gasteiger partial charge >= 0.3 is 0 Å². The second-order valence-corrected chi connectivity index (χ2v) is 4.88. The molecule has 1 rings (SSSR count). The fourth-order valence-corrected chi connectivity index (χ4v) is 2.22. The standard InChI is InChI=1S/C14H22ClN3/c1-3-12-9-11(8-10(2)13(12)15)6-4-5-7-18-14(16)17/h8-9H,3-7H2,1-2H3,(H4,16,17,18). The van der Waals surface area contributed by atoms with Gasteiger partial charge in [-0.15, -0.1) is 0 Å². The lowest BCUT2D eigenvalue weighted by Gasteiger charge is -2.09. The van der Waals surface area contributed by atoms with E-state index in [0.717, 1.165) is 36.3 Å². The normalized spacial score (nSPS) is 10.4. The summed E-state index contributed by atoms with van der Waals surface area (Å²) in [5, 5.41) is 0.904. The number of aliphatic imine (C=N–C) groups is 1. The molecule has 0 heterocycles. The Bertz CT molecular complexity index is 423. The van der Waals surface area contributed by atoms with Crippen molar-refractivity contribution < 1.29 is 0 Å². The minimum Gasteiger partial charge on any atom is -0.370 e. The Morgan fingerprint density at radius 1 is 1.28 bits per heavy atom. The van der Waals surface area contributed by atoms with Crippen LogP contribution in [-0.2, 0) is 12.8 Å². The number of halogens is 1. The van der Waals surface area contributed by atoms with E-state index < -0.39 is 0 Å². The SMILES string of the molecule is CCc1cc(CCCCN=C(N)N)cc(C)c1Cl. The molecule has 0 aliphatic rings. The Hall–Kier alpha value is -1.22. The van der Waals surface area contributed by atoms with Gasteiger partial charge in [0.25, 0.3) is 0 Å². The van der Waals surface area contributed by atoms with E-state index in [2.05, 4.69) is 31.0 Å². The molecule has 100 valence electrons. The van der Waals surface area contributed by atoms with Crippen LogP contribution in [0.25, 0.3) is 0 Å². The van der Waals surface area contributed by atoms with Crippen LogP contribution in [0, 0.1) is 6.92 Å². The minimum atomic E-state index is 0.172. The van der Waals surface area contributed by atoms with Crippen LogP contribution in [0.15, 0.2) is 17.1 Å². The van der Waals surface area contributed by atoms with E-state index >= 15 is 0 Å². The molecule has 1 aromatic rings. The van der Waals surface area contributed by atoms with Crippen LogP contribution in [0.3, 0.4) is 0 Å². The van der Waals surface area contributed by atoms with Crippen molar-refractivity contribution in [2.75, 3.05) is 6.54 Å². The first kappa shape index (κ1) is 14.8. The molecule has 0 unspecified atom stereocenters. The van der Waals surface area contributed by atoms with Gasteiger partial charge in [0.1, 0.15) is 0 Å². The van der Waals surface area contributed by atoms with Gasteiger partial charge in [0, 0.05) is 11.6 Å². The third kappa shape index (κ3) is 4.57. The van der Waals surface area contributed by atoms with E-state index in [1.165, 1.54) is 11.1 Å². The van der Waals surface area contributed by atoms with Crippen molar-refractivity contribution in [3.63, 3.8) is 0 Å². The number of nitrogens with zero attached hydrogens (tertiary/aromatic N) is 1. The molecule has 0 saturated carbocycles. The van der Waals surface area contributed by atoms with Gasteiger partial charge < -0.3 is 11.5 Å². The van der Waals surface area contributed by atoms with E-state index in [1.807, 2.05) is 0 Å². The van der Waals surface area contributed by atoms with Gasteiger partial charge in [-0.05, 0) is 49.3 Å². The summed E-state index contributed by atoms with van der Waals surface area (Å²) in [5.41, 5.74) is 14.3. The van der Waals surface area contributed by atoms with E-state index in [1.54, 1.807) is 0 Å². The van der Waals surface area contributed by atoms with Gasteiger partial charge in [-0.2, -0.15) is 0 Å². The lowest BCUT2D eigenvalue weighted by molar-refractivity contribution is 0.743. The summed E-state index contributed by atoms with van der Waals surface area (Å²) in [4.78, 5) is 3.97. The van der Waals surface area contributed by atoms with Crippen LogP contribution < -0.4 is 11.5 Å². The number of guanidine groups is 1. The Morgan fingerprint density at radius 2 is 2.00 bits per heavy atom. The Balaban J connectivity index is 2.52. The van der Waals surface area contributed by atoms with Gasteiger partial charge in [0.2, 0.25) is 0 Å². The Morgan fingerprint density at radius 3 is 2.61 bits per heavy atom. The molecule has 0 aromatic heterocycles. The smallest absolute Gasteiger partial charge is 0.185 e. The molecular formula is C14H22ClN3. The molecule has 4 heteroatoms. The lowest BCUT2D eigenvalue weighted by Crippen LogP contribution is -2.22. The molecule has 0 bridgehead atoms. The number of hydrogen-bond acceptors (Lipinski definition) is 1. The van der Waals surface area contributed by atoms with Gasteiger partial charge in [0.15, 0.2) is 5.96 Å². The van der Waals surface area contributed by atoms with Crippen LogP contribution in [0.1, 0.15) is 36.5 Å². The summed E-state index contributed by atoms with van der Waals surface area (Å²) in [6, 6.07) is 4.37. The summed E-state index contributed by atoms with van der Waals surface area (Å²) in [6.07, 6.45) is 4.11. The van der Waals surface area contributed by atoms with Crippen molar-refractivity contribution >= 4 is 17.6 Å². The van der Waals surface area contributed by atoms with Crippen molar-refractivity contribution in [1.82, 2.24) is 0 Å². The van der Waals surface area contributed by atoms with Crippen molar-refractivity contribution in [1.29, 1.82) is 0 Å². The minimum absolute atomic E-state index is 0.172. The first-order chi connectivity index (χ1) is 8.54. The number of aryl methyl sites for hydroxylation is 3. The molecule has 0 amide bonds. The van der Waals surface area contributed by atoms with Crippen molar-refractivity contribution in [3.05, 3.63) is 33.8 Å². The number of benzene rings is 1. The van der Waals surface area contributed by atoms with E-state index in [-0.39, 0.29) is 5.96 Å². The maximum atomic E-state index is 6.24. The maximum absolute atomic E-state index is 6.24. The number of unbranched alkanes of at least 4 members (excludes halogenated alkanes) is 1. The number of rotatable bonds is 6. The third-order valence-corrected chi connectivity index (χ3v) is 3.48. The summed E-state index contributed by atoms with van der Waals surface area (Å²) in [7, 11) is 0. The fourth-order valence-electron chi connectivity index (χ4n) is 1.97. The van der Waals surface area contributed by atoms with Crippen LogP contribution in [0.5, 0.6) is 0 Å². The molecular weight excluding hydrogens is 246 g/mol. The van der Waals surface area contributed by atoms with E-state index in [4.69, 9.17) is 23.1 Å². The first-order valence-corrected chi connectivity index (χ1v) is 6.75. The second kappa shape index (κ2) is 7.27. The highest BCUT2D eigenvalue weighted by Gasteiger charge is 2.04. The second-order valence-electron chi connectivity index (χ2n) is 4.50. The van der Waals surface area contributed by atoms with Gasteiger partial charge in [-0.1, -0.05) is 30.7 Å². The summed E-state index contributed by atoms with van der Waals surface area (Å²) in [6.45, 7) is 4.89. The molecule has 1 aromatic carbocycles. The predicted molar refractivity (Wildman–Crippen MR) is 79.2 cm³/mol. The maximum Gasteiger partial charge on any atom is 0.185 e. The first-order valence-electron chi connectivity index (χ1n) is 6.38. The van der Waals surface area contributed by atoms with E-state index in [0.29, 0.717) is 6.54 Å². The molecule has 4 N–H and O–H groups in total. The average Bonchev–Trinajstić information content (AvgIpc) is 2.32. The zero-order chi connectivity index (χ0) is 13.5.